The maximum absolute atomic E-state index is 12.8. The highest BCUT2D eigenvalue weighted by Gasteiger charge is 2.57. The first-order valence-corrected chi connectivity index (χ1v) is 6.95. The average molecular weight is 286 g/mol. The van der Waals surface area contributed by atoms with Crippen molar-refractivity contribution in [3.05, 3.63) is 34.9 Å². The number of carbonyl (C=O) groups is 2. The molecule has 0 saturated heterocycles. The number of carbonyl (C=O) groups excluding carboxylic acids is 2. The van der Waals surface area contributed by atoms with Gasteiger partial charge in [-0.15, -0.1) is 0 Å². The van der Waals surface area contributed by atoms with Crippen molar-refractivity contribution in [2.75, 3.05) is 0 Å². The van der Waals surface area contributed by atoms with E-state index in [-0.39, 0.29) is 11.6 Å². The smallest absolute Gasteiger partial charge is 0.180 e. The number of rotatable bonds is 4. The summed E-state index contributed by atoms with van der Waals surface area (Å²) in [4.78, 5) is 25.6. The predicted octanol–water partition coefficient (Wildman–Crippen LogP) is 1.62. The van der Waals surface area contributed by atoms with E-state index in [2.05, 4.69) is 10.2 Å². The molecule has 0 aliphatic heterocycles. The number of hydrogen-bond donors (Lipinski definition) is 0. The van der Waals surface area contributed by atoms with Crippen molar-refractivity contribution in [1.82, 2.24) is 19.6 Å². The van der Waals surface area contributed by atoms with Crippen molar-refractivity contribution in [1.29, 1.82) is 0 Å². The van der Waals surface area contributed by atoms with E-state index in [1.807, 2.05) is 0 Å². The highest BCUT2D eigenvalue weighted by molar-refractivity contribution is 6.22. The number of aromatic nitrogens is 4. The van der Waals surface area contributed by atoms with Gasteiger partial charge in [0.1, 0.15) is 0 Å². The summed E-state index contributed by atoms with van der Waals surface area (Å²) in [6.45, 7) is 3.59. The molecule has 0 amide bonds. The van der Waals surface area contributed by atoms with Crippen molar-refractivity contribution in [2.24, 2.45) is 19.5 Å². The first kappa shape index (κ1) is 13.7. The quantitative estimate of drug-likeness (QED) is 0.632. The molecule has 0 unspecified atom stereocenters. The third kappa shape index (κ3) is 2.02. The van der Waals surface area contributed by atoms with Gasteiger partial charge >= 0.3 is 0 Å². The van der Waals surface area contributed by atoms with Crippen LogP contribution < -0.4 is 0 Å². The molecular weight excluding hydrogens is 268 g/mol. The monoisotopic (exact) mass is 286 g/mol. The van der Waals surface area contributed by atoms with E-state index >= 15 is 0 Å². The molecule has 2 aromatic heterocycles. The highest BCUT2D eigenvalue weighted by atomic mass is 16.2. The lowest BCUT2D eigenvalue weighted by Crippen LogP contribution is -2.26. The number of Topliss-reactive ketones (excluding diaryl/α,β-unsaturated/α-hetero) is 2. The summed E-state index contributed by atoms with van der Waals surface area (Å²) < 4.78 is 3.22. The van der Waals surface area contributed by atoms with Crippen LogP contribution in [0.1, 0.15) is 44.9 Å². The lowest BCUT2D eigenvalue weighted by Gasteiger charge is -2.11. The summed E-state index contributed by atoms with van der Waals surface area (Å²) >= 11 is 0. The minimum Gasteiger partial charge on any atom is -0.293 e. The lowest BCUT2D eigenvalue weighted by molar-refractivity contribution is 0.0782. The Hall–Kier alpha value is -2.24. The maximum Gasteiger partial charge on any atom is 0.180 e. The minimum atomic E-state index is -0.901. The van der Waals surface area contributed by atoms with Crippen LogP contribution in [0, 0.1) is 19.3 Å². The van der Waals surface area contributed by atoms with E-state index in [0.717, 1.165) is 0 Å². The molecule has 2 heterocycles. The minimum absolute atomic E-state index is 0.110. The Bertz CT molecular complexity index is 690. The molecule has 0 radical (unpaired) electrons. The van der Waals surface area contributed by atoms with Crippen LogP contribution in [-0.4, -0.2) is 31.1 Å². The summed E-state index contributed by atoms with van der Waals surface area (Å²) in [5, 5.41) is 8.39. The number of ketones is 2. The van der Waals surface area contributed by atoms with Crippen LogP contribution in [0.5, 0.6) is 0 Å². The fourth-order valence-electron chi connectivity index (χ4n) is 2.84. The van der Waals surface area contributed by atoms with Crippen LogP contribution in [0.3, 0.4) is 0 Å². The van der Waals surface area contributed by atoms with Gasteiger partial charge < -0.3 is 0 Å². The second-order valence-electron chi connectivity index (χ2n) is 5.84. The number of nitrogens with zero attached hydrogens (tertiary/aromatic N) is 4. The second kappa shape index (κ2) is 4.38. The molecule has 3 rings (SSSR count). The van der Waals surface area contributed by atoms with Crippen LogP contribution in [0.4, 0.5) is 0 Å². The summed E-state index contributed by atoms with van der Waals surface area (Å²) in [7, 11) is 3.55. The van der Waals surface area contributed by atoms with Gasteiger partial charge in [0.25, 0.3) is 0 Å². The maximum atomic E-state index is 12.8. The Balaban J connectivity index is 1.98. The Morgan fingerprint density at radius 1 is 0.952 bits per heavy atom. The van der Waals surface area contributed by atoms with Crippen molar-refractivity contribution in [3.8, 4) is 0 Å². The number of hydrogen-bond acceptors (Lipinski definition) is 4. The first-order chi connectivity index (χ1) is 9.85. The molecule has 1 aliphatic carbocycles. The zero-order valence-electron chi connectivity index (χ0n) is 12.7. The van der Waals surface area contributed by atoms with E-state index in [4.69, 9.17) is 0 Å². The van der Waals surface area contributed by atoms with Gasteiger partial charge in [-0.05, 0) is 26.7 Å². The molecule has 0 N–H and O–H groups in total. The van der Waals surface area contributed by atoms with Gasteiger partial charge in [-0.25, -0.2) is 0 Å². The standard InChI is InChI=1S/C15H18N4O2/c1-9-11(7-18(3)16-9)13(20)15(5-6-15)14(21)12-8-19(4)17-10(12)2/h7-8H,5-6H2,1-4H3. The second-order valence-corrected chi connectivity index (χ2v) is 5.84. The molecule has 1 aliphatic rings. The van der Waals surface area contributed by atoms with E-state index in [1.165, 1.54) is 0 Å². The van der Waals surface area contributed by atoms with E-state index in [0.29, 0.717) is 35.4 Å². The van der Waals surface area contributed by atoms with Gasteiger partial charge in [-0.2, -0.15) is 10.2 Å². The molecule has 110 valence electrons. The van der Waals surface area contributed by atoms with Gasteiger partial charge in [0.2, 0.25) is 0 Å². The third-order valence-corrected chi connectivity index (χ3v) is 4.14. The molecule has 2 aromatic rings. The van der Waals surface area contributed by atoms with E-state index in [1.54, 1.807) is 49.7 Å². The zero-order chi connectivity index (χ0) is 15.4. The Kier molecular flexibility index (Phi) is 2.86. The van der Waals surface area contributed by atoms with Crippen LogP contribution in [0.15, 0.2) is 12.4 Å². The third-order valence-electron chi connectivity index (χ3n) is 4.14. The van der Waals surface area contributed by atoms with Crippen LogP contribution in [0.25, 0.3) is 0 Å². The van der Waals surface area contributed by atoms with Crippen molar-refractivity contribution < 1.29 is 9.59 Å². The molecule has 0 spiro atoms. The van der Waals surface area contributed by atoms with E-state index < -0.39 is 5.41 Å². The molecule has 6 heteroatoms. The lowest BCUT2D eigenvalue weighted by atomic mass is 9.87. The molecule has 6 nitrogen and oxygen atoms in total. The van der Waals surface area contributed by atoms with E-state index in [9.17, 15) is 9.59 Å². The average Bonchev–Trinajstić information content (AvgIpc) is 3.06. The Morgan fingerprint density at radius 3 is 1.57 bits per heavy atom. The van der Waals surface area contributed by atoms with Crippen molar-refractivity contribution in [3.63, 3.8) is 0 Å². The van der Waals surface area contributed by atoms with Crippen molar-refractivity contribution >= 4 is 11.6 Å². The van der Waals surface area contributed by atoms with Gasteiger partial charge in [0, 0.05) is 26.5 Å². The van der Waals surface area contributed by atoms with Gasteiger partial charge in [0.15, 0.2) is 11.6 Å². The largest absolute Gasteiger partial charge is 0.293 e. The molecule has 0 bridgehead atoms. The molecule has 0 atom stereocenters. The topological polar surface area (TPSA) is 69.8 Å². The molecule has 1 saturated carbocycles. The molecule has 1 fully saturated rings. The first-order valence-electron chi connectivity index (χ1n) is 6.95. The Labute approximate surface area is 122 Å². The van der Waals surface area contributed by atoms with Crippen molar-refractivity contribution in [2.45, 2.75) is 26.7 Å². The highest BCUT2D eigenvalue weighted by Crippen LogP contribution is 2.51. The summed E-state index contributed by atoms with van der Waals surface area (Å²) in [6.07, 6.45) is 4.60. The summed E-state index contributed by atoms with van der Waals surface area (Å²) in [5.41, 5.74) is 1.53. The van der Waals surface area contributed by atoms with Crippen LogP contribution >= 0.6 is 0 Å². The fraction of sp³-hybridized carbons (Fsp3) is 0.467. The van der Waals surface area contributed by atoms with Gasteiger partial charge in [-0.3, -0.25) is 19.0 Å². The summed E-state index contributed by atoms with van der Waals surface area (Å²) in [6, 6.07) is 0. The van der Waals surface area contributed by atoms with Gasteiger partial charge in [0.05, 0.1) is 27.9 Å². The van der Waals surface area contributed by atoms with Crippen LogP contribution in [-0.2, 0) is 14.1 Å². The predicted molar refractivity (Wildman–Crippen MR) is 76.2 cm³/mol. The fourth-order valence-corrected chi connectivity index (χ4v) is 2.84. The summed E-state index contributed by atoms with van der Waals surface area (Å²) in [5.74, 6) is -0.220. The number of aryl methyl sites for hydroxylation is 4. The molecular formula is C15H18N4O2. The van der Waals surface area contributed by atoms with Crippen LogP contribution in [0.2, 0.25) is 0 Å². The Morgan fingerprint density at radius 2 is 1.33 bits per heavy atom. The molecule has 21 heavy (non-hydrogen) atoms. The van der Waals surface area contributed by atoms with Gasteiger partial charge in [-0.1, -0.05) is 0 Å². The SMILES string of the molecule is Cc1nn(C)cc1C(=O)C1(C(=O)c2cn(C)nc2C)CC1. The normalized spacial score (nSPS) is 16.0. The molecule has 0 aromatic carbocycles. The zero-order valence-corrected chi connectivity index (χ0v) is 12.7.